The van der Waals surface area contributed by atoms with Crippen LogP contribution in [0.3, 0.4) is 0 Å². The average Bonchev–Trinajstić information content (AvgIpc) is 3.09. The third-order valence-corrected chi connectivity index (χ3v) is 4.98. The van der Waals surface area contributed by atoms with Gasteiger partial charge in [-0.05, 0) is 17.2 Å². The fraction of sp³-hybridized carbons (Fsp3) is 0.190. The Balaban J connectivity index is 1.81. The third-order valence-electron chi connectivity index (χ3n) is 4.98. The molecule has 2 amide bonds. The van der Waals surface area contributed by atoms with Crippen molar-refractivity contribution in [3.8, 4) is 0 Å². The Kier molecular flexibility index (Phi) is 4.24. The zero-order valence-corrected chi connectivity index (χ0v) is 15.2. The van der Waals surface area contributed by atoms with Crippen LogP contribution in [0.15, 0.2) is 67.0 Å². The summed E-state index contributed by atoms with van der Waals surface area (Å²) in [5.74, 6) is -0.764. The second-order valence-electron chi connectivity index (χ2n) is 6.73. The van der Waals surface area contributed by atoms with Gasteiger partial charge in [0.25, 0.3) is 5.91 Å². The van der Waals surface area contributed by atoms with E-state index in [0.29, 0.717) is 11.3 Å². The number of rotatable bonds is 3. The predicted octanol–water partition coefficient (Wildman–Crippen LogP) is 2.97. The quantitative estimate of drug-likeness (QED) is 0.781. The smallest absolute Gasteiger partial charge is 0.254 e. The summed E-state index contributed by atoms with van der Waals surface area (Å²) in [6.45, 7) is 0. The van der Waals surface area contributed by atoms with Crippen molar-refractivity contribution in [1.82, 2.24) is 14.7 Å². The van der Waals surface area contributed by atoms with E-state index in [1.807, 2.05) is 48.5 Å². The van der Waals surface area contributed by atoms with Gasteiger partial charge in [0.05, 0.1) is 23.8 Å². The number of anilines is 1. The van der Waals surface area contributed by atoms with Crippen molar-refractivity contribution in [3.63, 3.8) is 0 Å². The first-order valence-corrected chi connectivity index (χ1v) is 8.77. The summed E-state index contributed by atoms with van der Waals surface area (Å²) in [6.07, 6.45) is 3.36. The molecule has 3 aromatic rings. The summed E-state index contributed by atoms with van der Waals surface area (Å²) in [5, 5.41) is 7.05. The van der Waals surface area contributed by atoms with E-state index in [1.54, 1.807) is 42.1 Å². The highest BCUT2D eigenvalue weighted by Gasteiger charge is 2.42. The van der Waals surface area contributed by atoms with Crippen molar-refractivity contribution in [2.24, 2.45) is 7.05 Å². The lowest BCUT2D eigenvalue weighted by molar-refractivity contribution is -0.119. The Morgan fingerprint density at radius 1 is 1.04 bits per heavy atom. The molecule has 1 N–H and O–H groups in total. The summed E-state index contributed by atoms with van der Waals surface area (Å²) < 4.78 is 1.63. The molecular formula is C21H20N4O2. The summed E-state index contributed by atoms with van der Waals surface area (Å²) in [5.41, 5.74) is 2.87. The highest BCUT2D eigenvalue weighted by Crippen LogP contribution is 2.42. The first-order chi connectivity index (χ1) is 13.1. The molecule has 0 fully saturated rings. The molecule has 1 aliphatic rings. The van der Waals surface area contributed by atoms with E-state index < -0.39 is 5.92 Å². The van der Waals surface area contributed by atoms with E-state index in [4.69, 9.17) is 0 Å². The largest absolute Gasteiger partial charge is 0.334 e. The molecule has 0 saturated heterocycles. The molecule has 2 aromatic carbocycles. The Morgan fingerprint density at radius 2 is 1.74 bits per heavy atom. The van der Waals surface area contributed by atoms with Crippen molar-refractivity contribution in [3.05, 3.63) is 83.7 Å². The molecule has 27 heavy (non-hydrogen) atoms. The first kappa shape index (κ1) is 17.0. The van der Waals surface area contributed by atoms with Gasteiger partial charge in [0.1, 0.15) is 0 Å². The van der Waals surface area contributed by atoms with Crippen LogP contribution in [0, 0.1) is 0 Å². The van der Waals surface area contributed by atoms with E-state index in [0.717, 1.165) is 11.1 Å². The van der Waals surface area contributed by atoms with Gasteiger partial charge in [-0.1, -0.05) is 48.5 Å². The molecule has 1 aliphatic heterocycles. The molecule has 1 aromatic heterocycles. The number of fused-ring (bicyclic) bond motifs is 1. The summed E-state index contributed by atoms with van der Waals surface area (Å²) in [6, 6.07) is 16.6. The molecule has 2 atom stereocenters. The number of carbonyl (C=O) groups excluding carboxylic acids is 2. The summed E-state index contributed by atoms with van der Waals surface area (Å²) in [7, 11) is 3.55. The number of nitrogens with one attached hydrogen (secondary N) is 1. The van der Waals surface area contributed by atoms with Gasteiger partial charge in [-0.15, -0.1) is 0 Å². The molecule has 6 heteroatoms. The van der Waals surface area contributed by atoms with Crippen molar-refractivity contribution >= 4 is 17.5 Å². The molecule has 4 rings (SSSR count). The maximum Gasteiger partial charge on any atom is 0.254 e. The Bertz CT molecular complexity index is 996. The molecule has 2 heterocycles. The van der Waals surface area contributed by atoms with Crippen LogP contribution in [-0.2, 0) is 11.8 Å². The second-order valence-corrected chi connectivity index (χ2v) is 6.73. The van der Waals surface area contributed by atoms with Crippen LogP contribution in [0.5, 0.6) is 0 Å². The number of aromatic nitrogens is 2. The molecular weight excluding hydrogens is 340 g/mol. The molecule has 0 saturated carbocycles. The van der Waals surface area contributed by atoms with Crippen LogP contribution in [0.2, 0.25) is 0 Å². The lowest BCUT2D eigenvalue weighted by Gasteiger charge is -2.39. The number of likely N-dealkylation sites (N-methyl/N-ethyl adjacent to an activating group) is 1. The zero-order valence-electron chi connectivity index (χ0n) is 15.2. The van der Waals surface area contributed by atoms with Crippen LogP contribution >= 0.6 is 0 Å². The van der Waals surface area contributed by atoms with Gasteiger partial charge in [0.2, 0.25) is 5.91 Å². The van der Waals surface area contributed by atoms with E-state index in [2.05, 4.69) is 10.4 Å². The molecule has 0 unspecified atom stereocenters. The highest BCUT2D eigenvalue weighted by atomic mass is 16.2. The highest BCUT2D eigenvalue weighted by molar-refractivity contribution is 6.04. The monoisotopic (exact) mass is 360 g/mol. The van der Waals surface area contributed by atoms with E-state index in [1.165, 1.54) is 0 Å². The molecule has 0 spiro atoms. The third kappa shape index (κ3) is 2.99. The van der Waals surface area contributed by atoms with Gasteiger partial charge >= 0.3 is 0 Å². The Labute approximate surface area is 157 Å². The van der Waals surface area contributed by atoms with Crippen molar-refractivity contribution in [1.29, 1.82) is 0 Å². The van der Waals surface area contributed by atoms with Crippen LogP contribution in [0.25, 0.3) is 0 Å². The summed E-state index contributed by atoms with van der Waals surface area (Å²) in [4.78, 5) is 27.9. The van der Waals surface area contributed by atoms with Crippen LogP contribution in [-0.4, -0.2) is 33.5 Å². The molecule has 0 aliphatic carbocycles. The van der Waals surface area contributed by atoms with Crippen LogP contribution < -0.4 is 5.32 Å². The van der Waals surface area contributed by atoms with Gasteiger partial charge in [0, 0.05) is 25.9 Å². The van der Waals surface area contributed by atoms with E-state index >= 15 is 0 Å². The number of hydrogen-bond donors (Lipinski definition) is 1. The van der Waals surface area contributed by atoms with Crippen LogP contribution in [0.4, 0.5) is 5.69 Å². The number of carbonyl (C=O) groups is 2. The molecule has 6 nitrogen and oxygen atoms in total. The van der Waals surface area contributed by atoms with Gasteiger partial charge in [-0.25, -0.2) is 0 Å². The second kappa shape index (κ2) is 6.72. The number of benzene rings is 2. The SMILES string of the molecule is CN1C(=O)c2ccccc2[C@H](C(=O)Nc2cnn(C)c2)[C@@H]1c1ccccc1. The Hall–Kier alpha value is -3.41. The lowest BCUT2D eigenvalue weighted by Crippen LogP contribution is -2.44. The first-order valence-electron chi connectivity index (χ1n) is 8.77. The predicted molar refractivity (Wildman–Crippen MR) is 102 cm³/mol. The minimum Gasteiger partial charge on any atom is -0.334 e. The topological polar surface area (TPSA) is 67.2 Å². The number of amides is 2. The fourth-order valence-electron chi connectivity index (χ4n) is 3.73. The normalized spacial score (nSPS) is 18.9. The maximum absolute atomic E-state index is 13.3. The van der Waals surface area contributed by atoms with Crippen LogP contribution in [0.1, 0.15) is 33.4 Å². The van der Waals surface area contributed by atoms with Gasteiger partial charge in [-0.3, -0.25) is 14.3 Å². The van der Waals surface area contributed by atoms with E-state index in [-0.39, 0.29) is 17.9 Å². The van der Waals surface area contributed by atoms with Crippen molar-refractivity contribution in [2.75, 3.05) is 12.4 Å². The molecule has 136 valence electrons. The van der Waals surface area contributed by atoms with Crippen molar-refractivity contribution in [2.45, 2.75) is 12.0 Å². The van der Waals surface area contributed by atoms with E-state index in [9.17, 15) is 9.59 Å². The van der Waals surface area contributed by atoms with Crippen molar-refractivity contribution < 1.29 is 9.59 Å². The standard InChI is InChI=1S/C21H20N4O2/c1-24-13-15(12-22-24)23-20(26)18-16-10-6-7-11-17(16)21(27)25(2)19(18)14-8-4-3-5-9-14/h3-13,18-19H,1-2H3,(H,23,26)/t18-,19-/m0/s1. The lowest BCUT2D eigenvalue weighted by atomic mass is 9.79. The minimum absolute atomic E-state index is 0.0788. The number of nitrogens with zero attached hydrogens (tertiary/aromatic N) is 3. The molecule has 0 radical (unpaired) electrons. The minimum atomic E-state index is -0.522. The van der Waals surface area contributed by atoms with Gasteiger partial charge < -0.3 is 10.2 Å². The maximum atomic E-state index is 13.3. The number of hydrogen-bond acceptors (Lipinski definition) is 3. The fourth-order valence-corrected chi connectivity index (χ4v) is 3.73. The molecule has 0 bridgehead atoms. The summed E-state index contributed by atoms with van der Waals surface area (Å²) >= 11 is 0. The Morgan fingerprint density at radius 3 is 2.44 bits per heavy atom. The zero-order chi connectivity index (χ0) is 19.0. The average molecular weight is 360 g/mol. The van der Waals surface area contributed by atoms with Gasteiger partial charge in [0.15, 0.2) is 0 Å². The number of aryl methyl sites for hydroxylation is 1. The van der Waals surface area contributed by atoms with Gasteiger partial charge in [-0.2, -0.15) is 5.10 Å².